The number of carbonyl (C=O) groups excluding carboxylic acids is 1. The zero-order chi connectivity index (χ0) is 14.6. The molecule has 1 rings (SSSR count). The first kappa shape index (κ1) is 15.2. The first-order valence-electron chi connectivity index (χ1n) is 6.44. The Labute approximate surface area is 114 Å². The molecular formula is C15H21NO3. The summed E-state index contributed by atoms with van der Waals surface area (Å²) in [6, 6.07) is 7.63. The van der Waals surface area contributed by atoms with Crippen molar-refractivity contribution >= 4 is 17.6 Å². The number of hydrogen-bond donors (Lipinski definition) is 1. The van der Waals surface area contributed by atoms with Crippen LogP contribution in [0.2, 0.25) is 0 Å². The van der Waals surface area contributed by atoms with Crippen molar-refractivity contribution < 1.29 is 14.7 Å². The van der Waals surface area contributed by atoms with E-state index in [1.807, 2.05) is 24.3 Å². The number of amides is 1. The van der Waals surface area contributed by atoms with Crippen LogP contribution < -0.4 is 4.90 Å². The molecule has 0 spiro atoms. The van der Waals surface area contributed by atoms with Gasteiger partial charge in [-0.15, -0.1) is 0 Å². The number of anilines is 1. The van der Waals surface area contributed by atoms with E-state index in [0.29, 0.717) is 0 Å². The minimum atomic E-state index is -0.895. The van der Waals surface area contributed by atoms with Gasteiger partial charge in [0.2, 0.25) is 5.91 Å². The Balaban J connectivity index is 3.13. The maximum atomic E-state index is 11.8. The maximum absolute atomic E-state index is 11.8. The predicted molar refractivity (Wildman–Crippen MR) is 75.4 cm³/mol. The summed E-state index contributed by atoms with van der Waals surface area (Å²) in [5, 5.41) is 9.00. The molecule has 4 heteroatoms. The van der Waals surface area contributed by atoms with Crippen molar-refractivity contribution in [2.24, 2.45) is 5.92 Å². The third kappa shape index (κ3) is 3.81. The highest BCUT2D eigenvalue weighted by Gasteiger charge is 2.22. The number of aliphatic carboxylic acids is 1. The molecule has 0 radical (unpaired) electrons. The number of carboxylic acid groups (broad SMARTS) is 1. The van der Waals surface area contributed by atoms with Crippen molar-refractivity contribution in [3.8, 4) is 0 Å². The summed E-state index contributed by atoms with van der Waals surface area (Å²) in [5.41, 5.74) is 1.85. The summed E-state index contributed by atoms with van der Waals surface area (Å²) in [7, 11) is 0. The largest absolute Gasteiger partial charge is 0.481 e. The van der Waals surface area contributed by atoms with Crippen molar-refractivity contribution in [2.45, 2.75) is 33.6 Å². The minimum absolute atomic E-state index is 0.138. The Kier molecular flexibility index (Phi) is 5.10. The Hall–Kier alpha value is -1.84. The van der Waals surface area contributed by atoms with Gasteiger partial charge < -0.3 is 10.0 Å². The van der Waals surface area contributed by atoms with Gasteiger partial charge in [-0.25, -0.2) is 0 Å². The Morgan fingerprint density at radius 3 is 2.26 bits per heavy atom. The molecule has 4 nitrogen and oxygen atoms in total. The quantitative estimate of drug-likeness (QED) is 0.888. The molecule has 1 aromatic rings. The van der Waals surface area contributed by atoms with Crippen LogP contribution in [0.1, 0.15) is 39.2 Å². The molecule has 0 heterocycles. The molecule has 19 heavy (non-hydrogen) atoms. The molecule has 0 saturated heterocycles. The van der Waals surface area contributed by atoms with E-state index < -0.39 is 11.9 Å². The van der Waals surface area contributed by atoms with Gasteiger partial charge in [0, 0.05) is 19.2 Å². The van der Waals surface area contributed by atoms with Crippen LogP contribution >= 0.6 is 0 Å². The van der Waals surface area contributed by atoms with Gasteiger partial charge >= 0.3 is 5.97 Å². The molecule has 0 saturated carbocycles. The standard InChI is InChI=1S/C15H21NO3/c1-10(2)13-7-5-6-8-14(13)16(12(4)17)9-11(3)15(18)19/h5-8,10-11H,9H2,1-4H3,(H,18,19). The molecule has 1 unspecified atom stereocenters. The lowest BCUT2D eigenvalue weighted by Gasteiger charge is -2.26. The van der Waals surface area contributed by atoms with Crippen LogP contribution in [0.5, 0.6) is 0 Å². The molecule has 1 aromatic carbocycles. The Morgan fingerprint density at radius 2 is 1.79 bits per heavy atom. The highest BCUT2D eigenvalue weighted by molar-refractivity contribution is 5.93. The summed E-state index contributed by atoms with van der Waals surface area (Å²) < 4.78 is 0. The molecule has 1 N–H and O–H groups in total. The summed E-state index contributed by atoms with van der Waals surface area (Å²) in [6.07, 6.45) is 0. The van der Waals surface area contributed by atoms with Crippen molar-refractivity contribution in [3.63, 3.8) is 0 Å². The minimum Gasteiger partial charge on any atom is -0.481 e. The van der Waals surface area contributed by atoms with Gasteiger partial charge in [-0.2, -0.15) is 0 Å². The average molecular weight is 263 g/mol. The molecule has 0 aliphatic heterocycles. The van der Waals surface area contributed by atoms with Crippen LogP contribution in [-0.4, -0.2) is 23.5 Å². The van der Waals surface area contributed by atoms with Gasteiger partial charge in [0.15, 0.2) is 0 Å². The monoisotopic (exact) mass is 263 g/mol. The highest BCUT2D eigenvalue weighted by Crippen LogP contribution is 2.28. The third-order valence-electron chi connectivity index (χ3n) is 3.11. The van der Waals surface area contributed by atoms with Crippen LogP contribution in [0, 0.1) is 5.92 Å². The maximum Gasteiger partial charge on any atom is 0.308 e. The molecule has 1 amide bonds. The number of carboxylic acids is 1. The van der Waals surface area contributed by atoms with E-state index in [1.54, 1.807) is 11.8 Å². The van der Waals surface area contributed by atoms with Crippen LogP contribution in [0.15, 0.2) is 24.3 Å². The van der Waals surface area contributed by atoms with Gasteiger partial charge in [0.25, 0.3) is 0 Å². The molecule has 1 atom stereocenters. The van der Waals surface area contributed by atoms with Crippen molar-refractivity contribution in [2.75, 3.05) is 11.4 Å². The highest BCUT2D eigenvalue weighted by atomic mass is 16.4. The number of rotatable bonds is 5. The third-order valence-corrected chi connectivity index (χ3v) is 3.11. The fraction of sp³-hybridized carbons (Fsp3) is 0.467. The Morgan fingerprint density at radius 1 is 1.21 bits per heavy atom. The number of carbonyl (C=O) groups is 2. The Bertz CT molecular complexity index is 468. The molecule has 0 aromatic heterocycles. The smallest absolute Gasteiger partial charge is 0.308 e. The van der Waals surface area contributed by atoms with E-state index in [1.165, 1.54) is 6.92 Å². The summed E-state index contributed by atoms with van der Waals surface area (Å²) in [5.74, 6) is -1.35. The number of para-hydroxylation sites is 1. The second-order valence-electron chi connectivity index (χ2n) is 5.08. The predicted octanol–water partition coefficient (Wildman–Crippen LogP) is 2.88. The van der Waals surface area contributed by atoms with Gasteiger partial charge in [0.1, 0.15) is 0 Å². The molecule has 104 valence electrons. The van der Waals surface area contributed by atoms with Gasteiger partial charge in [-0.05, 0) is 17.5 Å². The van der Waals surface area contributed by atoms with Crippen LogP contribution in [0.25, 0.3) is 0 Å². The molecular weight excluding hydrogens is 242 g/mol. The van der Waals surface area contributed by atoms with Crippen LogP contribution in [-0.2, 0) is 9.59 Å². The summed E-state index contributed by atoms with van der Waals surface area (Å²) in [4.78, 5) is 24.3. The van der Waals surface area contributed by atoms with E-state index in [-0.39, 0.29) is 18.4 Å². The SMILES string of the molecule is CC(=O)N(CC(C)C(=O)O)c1ccccc1C(C)C. The summed E-state index contributed by atoms with van der Waals surface area (Å²) in [6.45, 7) is 7.37. The topological polar surface area (TPSA) is 57.6 Å². The van der Waals surface area contributed by atoms with E-state index >= 15 is 0 Å². The zero-order valence-corrected chi connectivity index (χ0v) is 11.9. The summed E-state index contributed by atoms with van der Waals surface area (Å²) >= 11 is 0. The zero-order valence-electron chi connectivity index (χ0n) is 11.9. The van der Waals surface area contributed by atoms with E-state index in [9.17, 15) is 9.59 Å². The second-order valence-corrected chi connectivity index (χ2v) is 5.08. The van der Waals surface area contributed by atoms with Crippen LogP contribution in [0.3, 0.4) is 0 Å². The number of benzene rings is 1. The molecule has 0 aliphatic carbocycles. The van der Waals surface area contributed by atoms with Gasteiger partial charge in [0.05, 0.1) is 5.92 Å². The fourth-order valence-corrected chi connectivity index (χ4v) is 1.97. The van der Waals surface area contributed by atoms with Gasteiger partial charge in [-0.3, -0.25) is 9.59 Å². The number of hydrogen-bond acceptors (Lipinski definition) is 2. The van der Waals surface area contributed by atoms with E-state index in [2.05, 4.69) is 13.8 Å². The normalized spacial score (nSPS) is 12.3. The van der Waals surface area contributed by atoms with Gasteiger partial charge in [-0.1, -0.05) is 39.0 Å². The molecule has 0 aliphatic rings. The van der Waals surface area contributed by atoms with E-state index in [0.717, 1.165) is 11.3 Å². The fourth-order valence-electron chi connectivity index (χ4n) is 1.97. The van der Waals surface area contributed by atoms with E-state index in [4.69, 9.17) is 5.11 Å². The lowest BCUT2D eigenvalue weighted by atomic mass is 9.99. The molecule has 0 bridgehead atoms. The number of nitrogens with zero attached hydrogens (tertiary/aromatic N) is 1. The average Bonchev–Trinajstić information content (AvgIpc) is 2.34. The van der Waals surface area contributed by atoms with Crippen LogP contribution in [0.4, 0.5) is 5.69 Å². The van der Waals surface area contributed by atoms with Crippen molar-refractivity contribution in [1.29, 1.82) is 0 Å². The lowest BCUT2D eigenvalue weighted by Crippen LogP contribution is -2.36. The van der Waals surface area contributed by atoms with Crippen molar-refractivity contribution in [1.82, 2.24) is 0 Å². The first-order valence-corrected chi connectivity index (χ1v) is 6.44. The van der Waals surface area contributed by atoms with Crippen molar-refractivity contribution in [3.05, 3.63) is 29.8 Å². The molecule has 0 fully saturated rings. The second kappa shape index (κ2) is 6.36. The lowest BCUT2D eigenvalue weighted by molar-refractivity contribution is -0.140. The first-order chi connectivity index (χ1) is 8.84.